The molecule has 0 heterocycles. The van der Waals surface area contributed by atoms with E-state index in [4.69, 9.17) is 10.5 Å². The zero-order valence-corrected chi connectivity index (χ0v) is 8.19. The molecule has 1 rings (SSSR count). The Hall–Kier alpha value is -1.29. The van der Waals surface area contributed by atoms with Crippen LogP contribution in [0.5, 0.6) is 5.75 Å². The Morgan fingerprint density at radius 1 is 1.38 bits per heavy atom. The van der Waals surface area contributed by atoms with E-state index in [-0.39, 0.29) is 5.17 Å². The number of hydrogen-bond donors (Lipinski definition) is 1. The van der Waals surface area contributed by atoms with Crippen molar-refractivity contribution in [2.75, 3.05) is 0 Å². The number of rotatable bonds is 2. The second-order valence-electron chi connectivity index (χ2n) is 2.12. The summed E-state index contributed by atoms with van der Waals surface area (Å²) in [6, 6.07) is 6.86. The largest absolute Gasteiger partial charge is 0.432 e. The van der Waals surface area contributed by atoms with Crippen LogP contribution < -0.4 is 10.5 Å². The number of hydrogen-bond acceptors (Lipinski definition) is 4. The summed E-state index contributed by atoms with van der Waals surface area (Å²) in [7, 11) is 0. The molecule has 0 saturated carbocycles. The van der Waals surface area contributed by atoms with Gasteiger partial charge in [-0.15, -0.1) is 0 Å². The van der Waals surface area contributed by atoms with Crippen molar-refractivity contribution >= 4 is 40.5 Å². The average Bonchev–Trinajstić information content (AvgIpc) is 2.08. The SMILES string of the molecule is NC(=S)Oc1ccc(N=C=S)cc1. The first-order valence-corrected chi connectivity index (χ1v) is 4.19. The first kappa shape index (κ1) is 9.80. The third-order valence-electron chi connectivity index (χ3n) is 1.23. The summed E-state index contributed by atoms with van der Waals surface area (Å²) in [6.45, 7) is 0. The lowest BCUT2D eigenvalue weighted by molar-refractivity contribution is 0.557. The second kappa shape index (κ2) is 4.67. The van der Waals surface area contributed by atoms with Crippen LogP contribution in [-0.2, 0) is 0 Å². The lowest BCUT2D eigenvalue weighted by Crippen LogP contribution is -2.15. The predicted molar refractivity (Wildman–Crippen MR) is 58.5 cm³/mol. The molecule has 0 aromatic heterocycles. The maximum atomic E-state index is 5.18. The van der Waals surface area contributed by atoms with E-state index in [1.54, 1.807) is 24.3 Å². The molecule has 0 amide bonds. The van der Waals surface area contributed by atoms with Gasteiger partial charge in [-0.05, 0) is 48.7 Å². The first-order valence-electron chi connectivity index (χ1n) is 3.37. The van der Waals surface area contributed by atoms with E-state index in [2.05, 4.69) is 34.6 Å². The van der Waals surface area contributed by atoms with Gasteiger partial charge in [0.25, 0.3) is 5.17 Å². The minimum atomic E-state index is -0.00826. The number of nitrogens with two attached hydrogens (primary N) is 1. The fraction of sp³-hybridized carbons (Fsp3) is 0. The van der Waals surface area contributed by atoms with Gasteiger partial charge in [0.1, 0.15) is 5.75 Å². The van der Waals surface area contributed by atoms with Gasteiger partial charge < -0.3 is 10.5 Å². The lowest BCUT2D eigenvalue weighted by atomic mass is 10.3. The third kappa shape index (κ3) is 3.29. The fourth-order valence-electron chi connectivity index (χ4n) is 0.758. The Kier molecular flexibility index (Phi) is 3.52. The van der Waals surface area contributed by atoms with Gasteiger partial charge in [-0.3, -0.25) is 0 Å². The van der Waals surface area contributed by atoms with Crippen molar-refractivity contribution in [3.8, 4) is 5.75 Å². The molecule has 0 bridgehead atoms. The molecule has 13 heavy (non-hydrogen) atoms. The summed E-state index contributed by atoms with van der Waals surface area (Å²) in [4.78, 5) is 3.77. The molecule has 3 nitrogen and oxygen atoms in total. The zero-order chi connectivity index (χ0) is 9.68. The molecule has 0 aliphatic carbocycles. The molecule has 2 N–H and O–H groups in total. The van der Waals surface area contributed by atoms with Crippen molar-refractivity contribution in [1.82, 2.24) is 0 Å². The second-order valence-corrected chi connectivity index (χ2v) is 2.70. The number of ether oxygens (including phenoxy) is 1. The zero-order valence-electron chi connectivity index (χ0n) is 6.56. The first-order chi connectivity index (χ1) is 6.22. The predicted octanol–water partition coefficient (Wildman–Crippen LogP) is 2.04. The van der Waals surface area contributed by atoms with Crippen LogP contribution >= 0.6 is 24.4 Å². The summed E-state index contributed by atoms with van der Waals surface area (Å²) in [5.74, 6) is 0.579. The Bertz CT molecular complexity index is 355. The highest BCUT2D eigenvalue weighted by molar-refractivity contribution is 7.80. The molecule has 0 spiro atoms. The van der Waals surface area contributed by atoms with Crippen molar-refractivity contribution in [2.24, 2.45) is 10.7 Å². The van der Waals surface area contributed by atoms with Crippen LogP contribution in [0.3, 0.4) is 0 Å². The molecule has 0 radical (unpaired) electrons. The van der Waals surface area contributed by atoms with E-state index in [1.807, 2.05) is 0 Å². The molecular weight excluding hydrogens is 204 g/mol. The Morgan fingerprint density at radius 2 is 2.00 bits per heavy atom. The van der Waals surface area contributed by atoms with Gasteiger partial charge in [-0.1, -0.05) is 0 Å². The van der Waals surface area contributed by atoms with Crippen molar-refractivity contribution < 1.29 is 4.74 Å². The summed E-state index contributed by atoms with van der Waals surface area (Å²) in [5.41, 5.74) is 5.89. The Labute approximate surface area is 86.2 Å². The fourth-order valence-corrected chi connectivity index (χ4v) is 0.959. The maximum absolute atomic E-state index is 5.18. The summed E-state index contributed by atoms with van der Waals surface area (Å²) in [6.07, 6.45) is 0. The van der Waals surface area contributed by atoms with E-state index >= 15 is 0 Å². The highest BCUT2D eigenvalue weighted by Crippen LogP contribution is 2.17. The van der Waals surface area contributed by atoms with Crippen molar-refractivity contribution in [1.29, 1.82) is 0 Å². The molecule has 0 aliphatic heterocycles. The molecular formula is C8H6N2OS2. The maximum Gasteiger partial charge on any atom is 0.259 e. The smallest absolute Gasteiger partial charge is 0.259 e. The summed E-state index contributed by atoms with van der Waals surface area (Å²) in [5, 5.41) is 2.25. The van der Waals surface area contributed by atoms with Gasteiger partial charge >= 0.3 is 0 Å². The lowest BCUT2D eigenvalue weighted by Gasteiger charge is -2.01. The van der Waals surface area contributed by atoms with Gasteiger partial charge in [-0.2, -0.15) is 4.99 Å². The number of thiocarbonyl (C=S) groups is 2. The van der Waals surface area contributed by atoms with Crippen LogP contribution in [0.1, 0.15) is 0 Å². The van der Waals surface area contributed by atoms with Crippen LogP contribution in [0.2, 0.25) is 0 Å². The molecule has 0 atom stereocenters. The van der Waals surface area contributed by atoms with Gasteiger partial charge in [-0.25, -0.2) is 0 Å². The van der Waals surface area contributed by atoms with Crippen LogP contribution in [0, 0.1) is 0 Å². The molecule has 1 aromatic rings. The van der Waals surface area contributed by atoms with Crippen LogP contribution in [-0.4, -0.2) is 10.3 Å². The highest BCUT2D eigenvalue weighted by Gasteiger charge is 1.94. The van der Waals surface area contributed by atoms with E-state index in [9.17, 15) is 0 Å². The number of nitrogens with zero attached hydrogens (tertiary/aromatic N) is 1. The van der Waals surface area contributed by atoms with Crippen molar-refractivity contribution in [2.45, 2.75) is 0 Å². The number of isothiocyanates is 1. The van der Waals surface area contributed by atoms with Gasteiger partial charge in [0, 0.05) is 0 Å². The van der Waals surface area contributed by atoms with Crippen molar-refractivity contribution in [3.63, 3.8) is 0 Å². The molecule has 1 aromatic carbocycles. The van der Waals surface area contributed by atoms with Crippen LogP contribution in [0.15, 0.2) is 29.3 Å². The number of benzene rings is 1. The minimum Gasteiger partial charge on any atom is -0.432 e. The molecule has 0 aliphatic rings. The standard InChI is InChI=1S/C8H6N2OS2/c9-8(13)11-7-3-1-6(2-4-7)10-5-12/h1-4H,(H2,9,13). The van der Waals surface area contributed by atoms with E-state index in [1.165, 1.54) is 0 Å². The number of aliphatic imine (C=N–C) groups is 1. The molecule has 66 valence electrons. The topological polar surface area (TPSA) is 47.6 Å². The van der Waals surface area contributed by atoms with Gasteiger partial charge in [0.05, 0.1) is 10.8 Å². The average molecular weight is 210 g/mol. The van der Waals surface area contributed by atoms with E-state index < -0.39 is 0 Å². The Morgan fingerprint density at radius 3 is 2.46 bits per heavy atom. The monoisotopic (exact) mass is 210 g/mol. The van der Waals surface area contributed by atoms with Crippen molar-refractivity contribution in [3.05, 3.63) is 24.3 Å². The van der Waals surface area contributed by atoms with Gasteiger partial charge in [0.2, 0.25) is 0 Å². The molecule has 5 heteroatoms. The molecule has 0 saturated heterocycles. The van der Waals surface area contributed by atoms with Gasteiger partial charge in [0.15, 0.2) is 0 Å². The Balaban J connectivity index is 2.80. The van der Waals surface area contributed by atoms with Crippen LogP contribution in [0.4, 0.5) is 5.69 Å². The summed E-state index contributed by atoms with van der Waals surface area (Å²) < 4.78 is 4.97. The highest BCUT2D eigenvalue weighted by atomic mass is 32.1. The van der Waals surface area contributed by atoms with E-state index in [0.717, 1.165) is 0 Å². The normalized spacial score (nSPS) is 8.62. The molecule has 0 unspecified atom stereocenters. The van der Waals surface area contributed by atoms with E-state index in [0.29, 0.717) is 11.4 Å². The molecule has 0 fully saturated rings. The third-order valence-corrected chi connectivity index (χ3v) is 1.40. The quantitative estimate of drug-likeness (QED) is 0.599. The summed E-state index contributed by atoms with van der Waals surface area (Å²) >= 11 is 9.01. The minimum absolute atomic E-state index is 0.00826. The van der Waals surface area contributed by atoms with Crippen LogP contribution in [0.25, 0.3) is 0 Å².